The van der Waals surface area contributed by atoms with Crippen molar-refractivity contribution < 1.29 is 33.4 Å². The highest BCUT2D eigenvalue weighted by atomic mass is 79.9. The number of carbonyl (C=O) groups is 4. The predicted octanol–water partition coefficient (Wildman–Crippen LogP) is 1.70. The van der Waals surface area contributed by atoms with Crippen LogP contribution in [0.2, 0.25) is 0 Å². The Kier molecular flexibility index (Phi) is 5.11. The fourth-order valence-electron chi connectivity index (χ4n) is 5.34. The number of fused-ring (bicyclic) bond motifs is 5. The van der Waals surface area contributed by atoms with E-state index in [1.807, 2.05) is 24.3 Å². The van der Waals surface area contributed by atoms with Gasteiger partial charge >= 0.3 is 12.1 Å². The van der Waals surface area contributed by atoms with Crippen LogP contribution in [-0.2, 0) is 27.1 Å². The highest BCUT2D eigenvalue weighted by Crippen LogP contribution is 2.45. The summed E-state index contributed by atoms with van der Waals surface area (Å²) in [5.74, 6) is 1.38. The molecule has 2 fully saturated rings. The van der Waals surface area contributed by atoms with Gasteiger partial charge in [-0.15, -0.1) is 0 Å². The van der Waals surface area contributed by atoms with Crippen LogP contribution in [-0.4, -0.2) is 43.7 Å². The maximum atomic E-state index is 12.1. The van der Waals surface area contributed by atoms with Crippen molar-refractivity contribution in [3.8, 4) is 17.2 Å². The molecule has 1 aliphatic carbocycles. The van der Waals surface area contributed by atoms with Crippen LogP contribution in [0.4, 0.5) is 9.59 Å². The van der Waals surface area contributed by atoms with Crippen molar-refractivity contribution in [3.63, 3.8) is 0 Å². The Balaban J connectivity index is 0.000000134. The molecule has 6 amide bonds. The van der Waals surface area contributed by atoms with Gasteiger partial charge in [-0.3, -0.25) is 20.2 Å². The zero-order chi connectivity index (χ0) is 25.1. The van der Waals surface area contributed by atoms with Crippen molar-refractivity contribution in [1.82, 2.24) is 21.3 Å². The number of urea groups is 2. The minimum absolute atomic E-state index is 0.284. The lowest BCUT2D eigenvalue weighted by Crippen LogP contribution is -2.47. The van der Waals surface area contributed by atoms with Gasteiger partial charge in [0, 0.05) is 12.0 Å². The van der Waals surface area contributed by atoms with Gasteiger partial charge in [0.1, 0.15) is 24.5 Å². The smallest absolute Gasteiger partial charge is 0.322 e. The molecule has 2 saturated heterocycles. The standard InChI is InChI=1S/C13H12N2O4.C11H9BrN2O3/c16-11-13(15-12(17)14-11)2-1-7-5-9-10(6-8(7)13)19-4-3-18-9;12-7-3-1-2-6-8(7)17-5-4-11(6)9(15)13-10(16)14-11/h5-6H,1-4H2,(H2,14,15,16,17);1-3H,4-5H2,(H2,13,14,15,16). The first-order valence-electron chi connectivity index (χ1n) is 11.4. The number of imide groups is 2. The van der Waals surface area contributed by atoms with Crippen molar-refractivity contribution >= 4 is 39.8 Å². The number of carbonyl (C=O) groups excluding carboxylic acids is 4. The molecule has 2 atom stereocenters. The number of halogens is 1. The summed E-state index contributed by atoms with van der Waals surface area (Å²) in [4.78, 5) is 46.8. The van der Waals surface area contributed by atoms with Gasteiger partial charge < -0.3 is 24.8 Å². The molecule has 186 valence electrons. The Morgan fingerprint density at radius 3 is 2.03 bits per heavy atom. The van der Waals surface area contributed by atoms with Gasteiger partial charge in [0.25, 0.3) is 11.8 Å². The molecule has 2 aromatic carbocycles. The number of para-hydroxylation sites is 1. The van der Waals surface area contributed by atoms with E-state index in [4.69, 9.17) is 14.2 Å². The van der Waals surface area contributed by atoms with Crippen LogP contribution < -0.4 is 35.5 Å². The average Bonchev–Trinajstić information content (AvgIpc) is 3.46. The number of rotatable bonds is 0. The van der Waals surface area contributed by atoms with Gasteiger partial charge in [-0.1, -0.05) is 12.1 Å². The number of aryl methyl sites for hydroxylation is 1. The quantitative estimate of drug-likeness (QED) is 0.361. The topological polar surface area (TPSA) is 144 Å². The summed E-state index contributed by atoms with van der Waals surface area (Å²) in [5, 5.41) is 10.0. The lowest BCUT2D eigenvalue weighted by atomic mass is 9.85. The van der Waals surface area contributed by atoms with Crippen LogP contribution in [0.3, 0.4) is 0 Å². The van der Waals surface area contributed by atoms with Gasteiger partial charge in [0.05, 0.1) is 11.1 Å². The van der Waals surface area contributed by atoms with Gasteiger partial charge in [-0.25, -0.2) is 9.59 Å². The van der Waals surface area contributed by atoms with E-state index in [0.717, 1.165) is 22.0 Å². The second-order valence-electron chi connectivity index (χ2n) is 9.00. The second-order valence-corrected chi connectivity index (χ2v) is 9.85. The summed E-state index contributed by atoms with van der Waals surface area (Å²) in [5.41, 5.74) is 0.639. The Morgan fingerprint density at radius 2 is 1.39 bits per heavy atom. The van der Waals surface area contributed by atoms with E-state index in [2.05, 4.69) is 37.2 Å². The van der Waals surface area contributed by atoms with Crippen LogP contribution >= 0.6 is 15.9 Å². The van der Waals surface area contributed by atoms with Crippen LogP contribution in [0.5, 0.6) is 17.2 Å². The SMILES string of the molecule is O=C1NC(=O)C2(CCOc3c(Br)cccc32)N1.O=C1NC(=O)C2(CCc3cc4c(cc32)OCCO4)N1. The average molecular weight is 557 g/mol. The fraction of sp³-hybridized carbons (Fsp3) is 0.333. The first-order chi connectivity index (χ1) is 17.3. The molecule has 5 aliphatic rings. The summed E-state index contributed by atoms with van der Waals surface area (Å²) >= 11 is 3.38. The molecule has 12 heteroatoms. The zero-order valence-electron chi connectivity index (χ0n) is 18.9. The third-order valence-corrected chi connectivity index (χ3v) is 7.66. The zero-order valence-corrected chi connectivity index (χ0v) is 20.5. The van der Waals surface area contributed by atoms with E-state index in [1.54, 1.807) is 6.07 Å². The molecule has 0 bridgehead atoms. The van der Waals surface area contributed by atoms with E-state index in [9.17, 15) is 19.2 Å². The molecule has 2 aromatic rings. The van der Waals surface area contributed by atoms with Crippen molar-refractivity contribution in [3.05, 3.63) is 51.5 Å². The maximum Gasteiger partial charge on any atom is 0.322 e. The summed E-state index contributed by atoms with van der Waals surface area (Å²) in [6.07, 6.45) is 1.75. The van der Waals surface area contributed by atoms with Crippen molar-refractivity contribution in [2.75, 3.05) is 19.8 Å². The molecule has 2 unspecified atom stereocenters. The molecule has 4 aliphatic heterocycles. The molecule has 36 heavy (non-hydrogen) atoms. The number of hydrogen-bond donors (Lipinski definition) is 4. The number of hydrogen-bond acceptors (Lipinski definition) is 7. The van der Waals surface area contributed by atoms with Gasteiger partial charge in [0.2, 0.25) is 0 Å². The Morgan fingerprint density at radius 1 is 0.750 bits per heavy atom. The highest BCUT2D eigenvalue weighted by molar-refractivity contribution is 9.10. The first kappa shape index (κ1) is 22.7. The summed E-state index contributed by atoms with van der Waals surface area (Å²) in [6, 6.07) is 8.29. The van der Waals surface area contributed by atoms with E-state index < -0.39 is 23.1 Å². The summed E-state index contributed by atoms with van der Waals surface area (Å²) < 4.78 is 17.4. The summed E-state index contributed by atoms with van der Waals surface area (Å²) in [7, 11) is 0. The predicted molar refractivity (Wildman–Crippen MR) is 127 cm³/mol. The molecule has 0 radical (unpaired) electrons. The Bertz CT molecular complexity index is 1350. The molecule has 0 aromatic heterocycles. The number of benzene rings is 2. The third-order valence-electron chi connectivity index (χ3n) is 7.03. The minimum atomic E-state index is -0.978. The number of amides is 6. The fourth-order valence-corrected chi connectivity index (χ4v) is 5.82. The van der Waals surface area contributed by atoms with E-state index >= 15 is 0 Å². The molecular formula is C24H21BrN4O7. The number of nitrogens with one attached hydrogen (secondary N) is 4. The second kappa shape index (κ2) is 8.12. The normalized spacial score (nSPS) is 26.7. The van der Waals surface area contributed by atoms with Crippen LogP contribution in [0.1, 0.15) is 29.5 Å². The molecule has 0 saturated carbocycles. The van der Waals surface area contributed by atoms with Crippen LogP contribution in [0, 0.1) is 0 Å². The Labute approximate surface area is 213 Å². The largest absolute Gasteiger partial charge is 0.492 e. The first-order valence-corrected chi connectivity index (χ1v) is 12.2. The number of ether oxygens (including phenoxy) is 3. The molecule has 11 nitrogen and oxygen atoms in total. The van der Waals surface area contributed by atoms with Crippen LogP contribution in [0.15, 0.2) is 34.8 Å². The van der Waals surface area contributed by atoms with Crippen molar-refractivity contribution in [2.45, 2.75) is 30.3 Å². The van der Waals surface area contributed by atoms with Gasteiger partial charge in [-0.05, 0) is 58.1 Å². The monoisotopic (exact) mass is 556 g/mol. The van der Waals surface area contributed by atoms with E-state index in [0.29, 0.717) is 55.5 Å². The lowest BCUT2D eigenvalue weighted by Gasteiger charge is -2.33. The minimum Gasteiger partial charge on any atom is -0.492 e. The van der Waals surface area contributed by atoms with E-state index in [-0.39, 0.29) is 11.8 Å². The maximum absolute atomic E-state index is 12.1. The Hall–Kier alpha value is -3.80. The molecule has 2 spiro atoms. The molecular weight excluding hydrogens is 536 g/mol. The molecule has 4 N–H and O–H groups in total. The van der Waals surface area contributed by atoms with E-state index in [1.165, 1.54) is 0 Å². The highest BCUT2D eigenvalue weighted by Gasteiger charge is 2.52. The van der Waals surface area contributed by atoms with Crippen molar-refractivity contribution in [2.24, 2.45) is 0 Å². The third kappa shape index (κ3) is 3.31. The lowest BCUT2D eigenvalue weighted by molar-refractivity contribution is -0.125. The molecule has 7 rings (SSSR count). The van der Waals surface area contributed by atoms with Gasteiger partial charge in [0.15, 0.2) is 17.0 Å². The van der Waals surface area contributed by atoms with Gasteiger partial charge in [-0.2, -0.15) is 0 Å². The molecule has 4 heterocycles. The van der Waals surface area contributed by atoms with Crippen LogP contribution in [0.25, 0.3) is 0 Å². The van der Waals surface area contributed by atoms with Crippen molar-refractivity contribution in [1.29, 1.82) is 0 Å². The summed E-state index contributed by atoms with van der Waals surface area (Å²) in [6.45, 7) is 1.43.